The highest BCUT2D eigenvalue weighted by molar-refractivity contribution is 9.10. The van der Waals surface area contributed by atoms with Crippen molar-refractivity contribution in [2.75, 3.05) is 0 Å². The molecule has 0 aliphatic rings. The number of hydrogen-bond acceptors (Lipinski definition) is 1. The minimum absolute atomic E-state index is 0.217. The third-order valence-corrected chi connectivity index (χ3v) is 3.54. The fourth-order valence-corrected chi connectivity index (χ4v) is 2.75. The largest absolute Gasteiger partial charge is 0.289 e. The summed E-state index contributed by atoms with van der Waals surface area (Å²) in [5.41, 5.74) is 0.817. The Balaban J connectivity index is 2.51. The summed E-state index contributed by atoms with van der Waals surface area (Å²) >= 11 is 21.1. The second-order valence-corrected chi connectivity index (χ2v) is 5.81. The van der Waals surface area contributed by atoms with E-state index in [4.69, 9.17) is 34.8 Å². The van der Waals surface area contributed by atoms with E-state index in [-0.39, 0.29) is 5.78 Å². The molecule has 1 nitrogen and oxygen atoms in total. The van der Waals surface area contributed by atoms with Gasteiger partial charge in [-0.1, -0.05) is 50.7 Å². The number of benzene rings is 2. The molecule has 0 fully saturated rings. The van der Waals surface area contributed by atoms with Gasteiger partial charge in [0, 0.05) is 25.6 Å². The molecule has 2 rings (SSSR count). The molecular weight excluding hydrogens is 358 g/mol. The average Bonchev–Trinajstić information content (AvgIpc) is 2.30. The Morgan fingerprint density at radius 3 is 2.33 bits per heavy atom. The molecule has 0 spiro atoms. The predicted octanol–water partition coefficient (Wildman–Crippen LogP) is 5.64. The standard InChI is InChI=1S/C13H6BrCl3O/c14-8-3-7(4-10(16)5-8)13(18)11-6-9(15)1-2-12(11)17/h1-6H. The maximum atomic E-state index is 12.3. The number of ketones is 1. The molecule has 2 aromatic carbocycles. The molecule has 0 N–H and O–H groups in total. The zero-order valence-electron chi connectivity index (χ0n) is 8.88. The van der Waals surface area contributed by atoms with E-state index in [0.717, 1.165) is 4.47 Å². The molecule has 5 heteroatoms. The van der Waals surface area contributed by atoms with Crippen LogP contribution in [0.1, 0.15) is 15.9 Å². The van der Waals surface area contributed by atoms with E-state index in [2.05, 4.69) is 15.9 Å². The van der Waals surface area contributed by atoms with Crippen LogP contribution >= 0.6 is 50.7 Å². The fourth-order valence-electron chi connectivity index (χ4n) is 1.51. The molecule has 0 atom stereocenters. The minimum Gasteiger partial charge on any atom is -0.289 e. The van der Waals surface area contributed by atoms with Gasteiger partial charge >= 0.3 is 0 Å². The first-order valence-electron chi connectivity index (χ1n) is 4.93. The van der Waals surface area contributed by atoms with Crippen molar-refractivity contribution < 1.29 is 4.79 Å². The Labute approximate surface area is 128 Å². The molecule has 0 unspecified atom stereocenters. The van der Waals surface area contributed by atoms with E-state index >= 15 is 0 Å². The van der Waals surface area contributed by atoms with Crippen LogP contribution in [0.25, 0.3) is 0 Å². The summed E-state index contributed by atoms with van der Waals surface area (Å²) in [6.07, 6.45) is 0. The molecule has 2 aromatic rings. The van der Waals surface area contributed by atoms with Crippen LogP contribution in [0.15, 0.2) is 40.9 Å². The van der Waals surface area contributed by atoms with Gasteiger partial charge in [0.05, 0.1) is 5.02 Å². The molecule has 0 radical (unpaired) electrons. The summed E-state index contributed by atoms with van der Waals surface area (Å²) in [6, 6.07) is 9.75. The van der Waals surface area contributed by atoms with Crippen LogP contribution < -0.4 is 0 Å². The summed E-state index contributed by atoms with van der Waals surface area (Å²) in [7, 11) is 0. The highest BCUT2D eigenvalue weighted by Crippen LogP contribution is 2.26. The molecular formula is C13H6BrCl3O. The lowest BCUT2D eigenvalue weighted by molar-refractivity contribution is 0.103. The van der Waals surface area contributed by atoms with E-state index in [9.17, 15) is 4.79 Å². The van der Waals surface area contributed by atoms with Gasteiger partial charge in [-0.25, -0.2) is 0 Å². The lowest BCUT2D eigenvalue weighted by Crippen LogP contribution is -2.02. The van der Waals surface area contributed by atoms with Gasteiger partial charge in [-0.2, -0.15) is 0 Å². The van der Waals surface area contributed by atoms with Crippen LogP contribution in [-0.2, 0) is 0 Å². The first kappa shape index (κ1) is 13.9. The Morgan fingerprint density at radius 2 is 1.67 bits per heavy atom. The van der Waals surface area contributed by atoms with E-state index in [1.807, 2.05) is 0 Å². The van der Waals surface area contributed by atoms with Crippen molar-refractivity contribution in [3.63, 3.8) is 0 Å². The Morgan fingerprint density at radius 1 is 0.944 bits per heavy atom. The van der Waals surface area contributed by atoms with Crippen LogP contribution in [0.5, 0.6) is 0 Å². The van der Waals surface area contributed by atoms with Gasteiger partial charge < -0.3 is 0 Å². The maximum absolute atomic E-state index is 12.3. The highest BCUT2D eigenvalue weighted by Gasteiger charge is 2.14. The van der Waals surface area contributed by atoms with Gasteiger partial charge in [-0.05, 0) is 36.4 Å². The molecule has 0 aliphatic carbocycles. The summed E-state index contributed by atoms with van der Waals surface area (Å²) in [6.45, 7) is 0. The van der Waals surface area contributed by atoms with Crippen molar-refractivity contribution in [1.82, 2.24) is 0 Å². The maximum Gasteiger partial charge on any atom is 0.194 e. The Hall–Kier alpha value is -0.540. The third kappa shape index (κ3) is 3.07. The predicted molar refractivity (Wildman–Crippen MR) is 79.0 cm³/mol. The fraction of sp³-hybridized carbons (Fsp3) is 0. The van der Waals surface area contributed by atoms with E-state index in [1.54, 1.807) is 36.4 Å². The van der Waals surface area contributed by atoms with Gasteiger partial charge in [0.15, 0.2) is 5.78 Å². The number of carbonyl (C=O) groups excluding carboxylic acids is 1. The summed E-state index contributed by atoms with van der Waals surface area (Å²) < 4.78 is 0.733. The van der Waals surface area contributed by atoms with Crippen molar-refractivity contribution in [1.29, 1.82) is 0 Å². The van der Waals surface area contributed by atoms with Crippen molar-refractivity contribution in [3.05, 3.63) is 67.1 Å². The SMILES string of the molecule is O=C(c1cc(Cl)cc(Br)c1)c1cc(Cl)ccc1Cl. The smallest absolute Gasteiger partial charge is 0.194 e. The molecule has 0 heterocycles. The molecule has 0 bridgehead atoms. The summed E-state index contributed by atoms with van der Waals surface area (Å²) in [5, 5.41) is 1.30. The van der Waals surface area contributed by atoms with Crippen molar-refractivity contribution in [3.8, 4) is 0 Å². The summed E-state index contributed by atoms with van der Waals surface area (Å²) in [5.74, 6) is -0.217. The minimum atomic E-state index is -0.217. The number of hydrogen-bond donors (Lipinski definition) is 0. The van der Waals surface area contributed by atoms with Gasteiger partial charge in [0.25, 0.3) is 0 Å². The normalized spacial score (nSPS) is 10.4. The number of halogens is 4. The van der Waals surface area contributed by atoms with E-state index in [0.29, 0.717) is 26.2 Å². The average molecular weight is 364 g/mol. The van der Waals surface area contributed by atoms with Crippen LogP contribution in [0.4, 0.5) is 0 Å². The van der Waals surface area contributed by atoms with Gasteiger partial charge in [0.1, 0.15) is 0 Å². The molecule has 0 saturated carbocycles. The Kier molecular flexibility index (Phi) is 4.33. The summed E-state index contributed by atoms with van der Waals surface area (Å²) in [4.78, 5) is 12.3. The van der Waals surface area contributed by atoms with Crippen molar-refractivity contribution in [2.24, 2.45) is 0 Å². The topological polar surface area (TPSA) is 17.1 Å². The molecule has 92 valence electrons. The van der Waals surface area contributed by atoms with E-state index < -0.39 is 0 Å². The molecule has 18 heavy (non-hydrogen) atoms. The third-order valence-electron chi connectivity index (χ3n) is 2.30. The van der Waals surface area contributed by atoms with Crippen LogP contribution in [-0.4, -0.2) is 5.78 Å². The number of carbonyl (C=O) groups is 1. The van der Waals surface area contributed by atoms with Crippen LogP contribution in [0, 0.1) is 0 Å². The second kappa shape index (κ2) is 5.62. The first-order chi connectivity index (χ1) is 8.47. The molecule has 0 amide bonds. The Bertz CT molecular complexity index is 605. The van der Waals surface area contributed by atoms with Gasteiger partial charge in [-0.3, -0.25) is 4.79 Å². The van der Waals surface area contributed by atoms with Gasteiger partial charge in [0.2, 0.25) is 0 Å². The lowest BCUT2D eigenvalue weighted by Gasteiger charge is -2.05. The first-order valence-corrected chi connectivity index (χ1v) is 6.86. The highest BCUT2D eigenvalue weighted by atomic mass is 79.9. The monoisotopic (exact) mass is 362 g/mol. The molecule has 0 aromatic heterocycles. The zero-order chi connectivity index (χ0) is 13.3. The van der Waals surface area contributed by atoms with Gasteiger partial charge in [-0.15, -0.1) is 0 Å². The second-order valence-electron chi connectivity index (χ2n) is 3.61. The van der Waals surface area contributed by atoms with Crippen LogP contribution in [0.2, 0.25) is 15.1 Å². The number of rotatable bonds is 2. The van der Waals surface area contributed by atoms with Crippen LogP contribution in [0.3, 0.4) is 0 Å². The lowest BCUT2D eigenvalue weighted by atomic mass is 10.0. The zero-order valence-corrected chi connectivity index (χ0v) is 12.7. The molecule has 0 aliphatic heterocycles. The van der Waals surface area contributed by atoms with Crippen molar-refractivity contribution in [2.45, 2.75) is 0 Å². The quantitative estimate of drug-likeness (QED) is 0.630. The van der Waals surface area contributed by atoms with Crippen molar-refractivity contribution >= 4 is 56.5 Å². The van der Waals surface area contributed by atoms with E-state index in [1.165, 1.54) is 0 Å². The molecule has 0 saturated heterocycles.